The molecule has 9 heteroatoms. The Hall–Kier alpha value is -3.40. The van der Waals surface area contributed by atoms with Gasteiger partial charge in [0, 0.05) is 29.9 Å². The Morgan fingerprint density at radius 3 is 2.42 bits per heavy atom. The van der Waals surface area contributed by atoms with Crippen LogP contribution in [0.15, 0.2) is 36.5 Å². The first-order valence-corrected chi connectivity index (χ1v) is 12.3. The molecule has 0 aliphatic rings. The number of hydrogen-bond donors (Lipinski definition) is 5. The second kappa shape index (κ2) is 12.5. The number of ether oxygens (including phenoxy) is 2. The first-order chi connectivity index (χ1) is 17.3. The largest absolute Gasteiger partial charge is 0.490 e. The minimum atomic E-state index is -0.691. The molecule has 194 valence electrons. The van der Waals surface area contributed by atoms with Crippen molar-refractivity contribution in [3.05, 3.63) is 53.2 Å². The number of amides is 1. The van der Waals surface area contributed by atoms with E-state index in [9.17, 15) is 15.0 Å². The third kappa shape index (κ3) is 6.04. The Labute approximate surface area is 211 Å². The second-order valence-corrected chi connectivity index (χ2v) is 8.43. The van der Waals surface area contributed by atoms with E-state index in [1.165, 1.54) is 6.20 Å². The third-order valence-corrected chi connectivity index (χ3v) is 6.02. The van der Waals surface area contributed by atoms with Gasteiger partial charge in [0.15, 0.2) is 11.5 Å². The molecule has 0 spiro atoms. The average Bonchev–Trinajstić information content (AvgIpc) is 2.85. The minimum absolute atomic E-state index is 0.173. The van der Waals surface area contributed by atoms with E-state index >= 15 is 0 Å². The van der Waals surface area contributed by atoms with Gasteiger partial charge in [-0.25, -0.2) is 0 Å². The number of fused-ring (bicyclic) bond motifs is 1. The predicted octanol–water partition coefficient (Wildman–Crippen LogP) is 3.27. The number of hydrogen-bond acceptors (Lipinski definition) is 8. The molecule has 3 aromatic rings. The van der Waals surface area contributed by atoms with Crippen LogP contribution in [0.3, 0.4) is 0 Å². The SMILES string of the molecule is CCOc1cc2ncc(C(N)=O)c(Nc3cccc(CN[C@@H](CO)[C@@H](C)O)c3CC)c2cc1OCC. The molecule has 1 aromatic heterocycles. The van der Waals surface area contributed by atoms with Crippen molar-refractivity contribution in [2.75, 3.05) is 25.1 Å². The molecule has 0 bridgehead atoms. The number of carbonyl (C=O) groups excluding carboxylic acids is 1. The zero-order valence-electron chi connectivity index (χ0n) is 21.3. The van der Waals surface area contributed by atoms with Gasteiger partial charge in [0.25, 0.3) is 5.91 Å². The molecular formula is C27H36N4O5. The number of rotatable bonds is 13. The molecule has 2 aromatic carbocycles. The van der Waals surface area contributed by atoms with Crippen LogP contribution in [0.1, 0.15) is 49.2 Å². The normalized spacial score (nSPS) is 12.8. The summed E-state index contributed by atoms with van der Waals surface area (Å²) in [7, 11) is 0. The van der Waals surface area contributed by atoms with Crippen molar-refractivity contribution >= 4 is 28.2 Å². The summed E-state index contributed by atoms with van der Waals surface area (Å²) in [5.74, 6) is 0.536. The summed E-state index contributed by atoms with van der Waals surface area (Å²) in [6.07, 6.45) is 1.49. The van der Waals surface area contributed by atoms with Crippen LogP contribution in [0.4, 0.5) is 11.4 Å². The van der Waals surface area contributed by atoms with Crippen LogP contribution < -0.4 is 25.8 Å². The first-order valence-electron chi connectivity index (χ1n) is 12.3. The summed E-state index contributed by atoms with van der Waals surface area (Å²) < 4.78 is 11.5. The Balaban J connectivity index is 2.10. The van der Waals surface area contributed by atoms with E-state index in [0.717, 1.165) is 16.8 Å². The number of aromatic nitrogens is 1. The van der Waals surface area contributed by atoms with E-state index in [4.69, 9.17) is 15.2 Å². The maximum Gasteiger partial charge on any atom is 0.252 e. The monoisotopic (exact) mass is 496 g/mol. The molecule has 0 aliphatic heterocycles. The van der Waals surface area contributed by atoms with E-state index in [0.29, 0.717) is 54.3 Å². The van der Waals surface area contributed by atoms with Gasteiger partial charge in [0.2, 0.25) is 0 Å². The lowest BCUT2D eigenvalue weighted by Crippen LogP contribution is -2.40. The van der Waals surface area contributed by atoms with Crippen molar-refractivity contribution in [3.8, 4) is 11.5 Å². The molecule has 0 saturated heterocycles. The number of aliphatic hydroxyl groups excluding tert-OH is 2. The van der Waals surface area contributed by atoms with E-state index in [1.54, 1.807) is 13.0 Å². The summed E-state index contributed by atoms with van der Waals surface area (Å²) in [5, 5.41) is 26.7. The molecule has 0 unspecified atom stereocenters. The van der Waals surface area contributed by atoms with Crippen LogP contribution in [0.2, 0.25) is 0 Å². The van der Waals surface area contributed by atoms with Gasteiger partial charge in [0.1, 0.15) is 0 Å². The molecule has 6 N–H and O–H groups in total. The summed E-state index contributed by atoms with van der Waals surface area (Å²) >= 11 is 0. The van der Waals surface area contributed by atoms with Crippen LogP contribution in [0, 0.1) is 0 Å². The Kier molecular flexibility index (Phi) is 9.46. The van der Waals surface area contributed by atoms with Crippen molar-refractivity contribution in [1.82, 2.24) is 10.3 Å². The summed E-state index contributed by atoms with van der Waals surface area (Å²) in [6, 6.07) is 9.03. The second-order valence-electron chi connectivity index (χ2n) is 8.43. The van der Waals surface area contributed by atoms with Crippen LogP contribution >= 0.6 is 0 Å². The number of nitrogens with one attached hydrogen (secondary N) is 2. The molecule has 1 amide bonds. The lowest BCUT2D eigenvalue weighted by atomic mass is 10.0. The van der Waals surface area contributed by atoms with Gasteiger partial charge in [-0.15, -0.1) is 0 Å². The number of anilines is 2. The average molecular weight is 497 g/mol. The summed E-state index contributed by atoms with van der Waals surface area (Å²) in [4.78, 5) is 16.8. The topological polar surface area (TPSA) is 139 Å². The molecule has 0 aliphatic carbocycles. The highest BCUT2D eigenvalue weighted by atomic mass is 16.5. The van der Waals surface area contributed by atoms with E-state index in [2.05, 4.69) is 15.6 Å². The Morgan fingerprint density at radius 1 is 1.14 bits per heavy atom. The number of primary amides is 1. The smallest absolute Gasteiger partial charge is 0.252 e. The van der Waals surface area contributed by atoms with Crippen LogP contribution in [0.5, 0.6) is 11.5 Å². The van der Waals surface area contributed by atoms with Crippen molar-refractivity contribution in [3.63, 3.8) is 0 Å². The maximum absolute atomic E-state index is 12.4. The van der Waals surface area contributed by atoms with E-state index in [1.807, 2.05) is 45.0 Å². The first kappa shape index (κ1) is 27.2. The molecular weight excluding hydrogens is 460 g/mol. The molecule has 0 fully saturated rings. The summed E-state index contributed by atoms with van der Waals surface area (Å²) in [6.45, 7) is 8.69. The zero-order valence-corrected chi connectivity index (χ0v) is 21.3. The lowest BCUT2D eigenvalue weighted by Gasteiger charge is -2.22. The molecule has 3 rings (SSSR count). The highest BCUT2D eigenvalue weighted by Gasteiger charge is 2.19. The Bertz CT molecular complexity index is 1200. The summed E-state index contributed by atoms with van der Waals surface area (Å²) in [5.41, 5.74) is 10.0. The number of pyridine rings is 1. The van der Waals surface area contributed by atoms with Gasteiger partial charge in [-0.3, -0.25) is 9.78 Å². The van der Waals surface area contributed by atoms with Gasteiger partial charge < -0.3 is 36.1 Å². The zero-order chi connectivity index (χ0) is 26.2. The van der Waals surface area contributed by atoms with Crippen molar-refractivity contribution in [2.24, 2.45) is 5.73 Å². The molecule has 9 nitrogen and oxygen atoms in total. The van der Waals surface area contributed by atoms with Gasteiger partial charge in [0.05, 0.1) is 48.7 Å². The number of nitrogens with two attached hydrogens (primary N) is 1. The predicted molar refractivity (Wildman–Crippen MR) is 141 cm³/mol. The fraction of sp³-hybridized carbons (Fsp3) is 0.407. The van der Waals surface area contributed by atoms with E-state index in [-0.39, 0.29) is 12.2 Å². The number of nitrogens with zero attached hydrogens (tertiary/aromatic N) is 1. The Morgan fingerprint density at radius 2 is 1.83 bits per heavy atom. The highest BCUT2D eigenvalue weighted by molar-refractivity contribution is 6.08. The molecule has 2 atom stereocenters. The third-order valence-electron chi connectivity index (χ3n) is 6.02. The fourth-order valence-corrected chi connectivity index (χ4v) is 4.16. The quantitative estimate of drug-likeness (QED) is 0.243. The fourth-order valence-electron chi connectivity index (χ4n) is 4.16. The van der Waals surface area contributed by atoms with Gasteiger partial charge >= 0.3 is 0 Å². The maximum atomic E-state index is 12.4. The molecule has 0 radical (unpaired) electrons. The van der Waals surface area contributed by atoms with Crippen molar-refractivity contribution < 1.29 is 24.5 Å². The highest BCUT2D eigenvalue weighted by Crippen LogP contribution is 2.38. The molecule has 1 heterocycles. The minimum Gasteiger partial charge on any atom is -0.490 e. The van der Waals surface area contributed by atoms with Crippen molar-refractivity contribution in [1.29, 1.82) is 0 Å². The lowest BCUT2D eigenvalue weighted by molar-refractivity contribution is 0.0999. The van der Waals surface area contributed by atoms with Crippen molar-refractivity contribution in [2.45, 2.75) is 52.8 Å². The van der Waals surface area contributed by atoms with Crippen LogP contribution in [-0.4, -0.2) is 53.1 Å². The number of benzene rings is 2. The van der Waals surface area contributed by atoms with Gasteiger partial charge in [-0.2, -0.15) is 0 Å². The standard InChI is InChI=1S/C27H36N4O5/c1-5-18-17(13-29-23(15-32)16(4)33)9-8-10-21(18)31-26-19-11-24(35-6-2)25(36-7-3)12-22(19)30-14-20(26)27(28)34/h8-12,14,16,23,29,32-33H,5-7,13,15H2,1-4H3,(H2,28,34)(H,30,31)/t16-,23+/m1/s1. The number of carbonyl (C=O) groups is 1. The van der Waals surface area contributed by atoms with E-state index < -0.39 is 18.1 Å². The van der Waals surface area contributed by atoms with Gasteiger partial charge in [-0.05, 0) is 50.5 Å². The van der Waals surface area contributed by atoms with Crippen LogP contribution in [-0.2, 0) is 13.0 Å². The van der Waals surface area contributed by atoms with Crippen LogP contribution in [0.25, 0.3) is 10.9 Å². The number of aliphatic hydroxyl groups is 2. The molecule has 0 saturated carbocycles. The van der Waals surface area contributed by atoms with Gasteiger partial charge in [-0.1, -0.05) is 19.1 Å². The molecule has 36 heavy (non-hydrogen) atoms.